The Balaban J connectivity index is 1.92. The molecule has 0 amide bonds. The molecule has 2 fully saturated rings. The minimum absolute atomic E-state index is 0.274. The highest BCUT2D eigenvalue weighted by Gasteiger charge is 2.32. The van der Waals surface area contributed by atoms with E-state index in [1.54, 1.807) is 0 Å². The number of nitrogens with one attached hydrogen (secondary N) is 1. The Kier molecular flexibility index (Phi) is 2.86. The molecule has 1 aliphatic heterocycles. The van der Waals surface area contributed by atoms with Gasteiger partial charge in [0, 0.05) is 25.2 Å². The summed E-state index contributed by atoms with van der Waals surface area (Å²) in [5.41, 5.74) is 0. The van der Waals surface area contributed by atoms with Crippen molar-refractivity contribution in [1.82, 2.24) is 10.2 Å². The standard InChI is InChI=1S/C10H20N2O/c1-8-4-11-9(7-13)6-12(5-8)10-2-3-10/h8-11,13H,2-7H2,1H3. The minimum atomic E-state index is 0.274. The van der Waals surface area contributed by atoms with Crippen LogP contribution in [0.3, 0.4) is 0 Å². The fraction of sp³-hybridized carbons (Fsp3) is 1.00. The molecular formula is C10H20N2O. The molecule has 76 valence electrons. The van der Waals surface area contributed by atoms with Crippen molar-refractivity contribution in [2.45, 2.75) is 31.8 Å². The maximum Gasteiger partial charge on any atom is 0.0597 e. The molecule has 0 aromatic heterocycles. The normalized spacial score (nSPS) is 37.4. The third-order valence-corrected chi connectivity index (χ3v) is 3.04. The number of rotatable bonds is 2. The number of aliphatic hydroxyl groups is 1. The monoisotopic (exact) mass is 184 g/mol. The molecule has 2 N–H and O–H groups in total. The largest absolute Gasteiger partial charge is 0.395 e. The second kappa shape index (κ2) is 3.95. The van der Waals surface area contributed by atoms with Gasteiger partial charge in [0.25, 0.3) is 0 Å². The topological polar surface area (TPSA) is 35.5 Å². The molecule has 2 aliphatic rings. The molecule has 3 nitrogen and oxygen atoms in total. The Morgan fingerprint density at radius 1 is 1.38 bits per heavy atom. The van der Waals surface area contributed by atoms with Crippen LogP contribution in [0.4, 0.5) is 0 Å². The molecule has 0 spiro atoms. The minimum Gasteiger partial charge on any atom is -0.395 e. The molecular weight excluding hydrogens is 164 g/mol. The van der Waals surface area contributed by atoms with E-state index in [9.17, 15) is 0 Å². The summed E-state index contributed by atoms with van der Waals surface area (Å²) in [6.45, 7) is 5.84. The number of aliphatic hydroxyl groups excluding tert-OH is 1. The fourth-order valence-corrected chi connectivity index (χ4v) is 2.12. The lowest BCUT2D eigenvalue weighted by atomic mass is 10.2. The average molecular weight is 184 g/mol. The quantitative estimate of drug-likeness (QED) is 0.636. The molecule has 1 saturated carbocycles. The van der Waals surface area contributed by atoms with Crippen molar-refractivity contribution in [3.8, 4) is 0 Å². The van der Waals surface area contributed by atoms with E-state index < -0.39 is 0 Å². The van der Waals surface area contributed by atoms with Gasteiger partial charge in [-0.15, -0.1) is 0 Å². The van der Waals surface area contributed by atoms with E-state index in [0.717, 1.165) is 25.0 Å². The van der Waals surface area contributed by atoms with Crippen LogP contribution in [0, 0.1) is 5.92 Å². The van der Waals surface area contributed by atoms with E-state index in [0.29, 0.717) is 6.04 Å². The Labute approximate surface area is 80.1 Å². The zero-order chi connectivity index (χ0) is 9.26. The summed E-state index contributed by atoms with van der Waals surface area (Å²) >= 11 is 0. The van der Waals surface area contributed by atoms with Crippen molar-refractivity contribution >= 4 is 0 Å². The first-order chi connectivity index (χ1) is 6.29. The first kappa shape index (κ1) is 9.44. The van der Waals surface area contributed by atoms with Gasteiger partial charge >= 0.3 is 0 Å². The van der Waals surface area contributed by atoms with Gasteiger partial charge in [-0.1, -0.05) is 6.92 Å². The third-order valence-electron chi connectivity index (χ3n) is 3.04. The van der Waals surface area contributed by atoms with Gasteiger partial charge in [-0.3, -0.25) is 4.90 Å². The molecule has 1 heterocycles. The molecule has 2 rings (SSSR count). The van der Waals surface area contributed by atoms with Gasteiger partial charge in [0.1, 0.15) is 0 Å². The van der Waals surface area contributed by atoms with E-state index in [4.69, 9.17) is 5.11 Å². The van der Waals surface area contributed by atoms with E-state index in [2.05, 4.69) is 17.1 Å². The fourth-order valence-electron chi connectivity index (χ4n) is 2.12. The summed E-state index contributed by atoms with van der Waals surface area (Å²) in [6, 6.07) is 1.13. The van der Waals surface area contributed by atoms with Gasteiger partial charge < -0.3 is 10.4 Å². The summed E-state index contributed by atoms with van der Waals surface area (Å²) < 4.78 is 0. The molecule has 0 bridgehead atoms. The zero-order valence-corrected chi connectivity index (χ0v) is 8.37. The average Bonchev–Trinajstić information content (AvgIpc) is 2.89. The smallest absolute Gasteiger partial charge is 0.0597 e. The summed E-state index contributed by atoms with van der Waals surface area (Å²) in [5.74, 6) is 0.720. The first-order valence-electron chi connectivity index (χ1n) is 5.38. The van der Waals surface area contributed by atoms with Gasteiger partial charge in [-0.05, 0) is 25.3 Å². The summed E-state index contributed by atoms with van der Waals surface area (Å²) in [6.07, 6.45) is 2.73. The lowest BCUT2D eigenvalue weighted by Gasteiger charge is -2.23. The van der Waals surface area contributed by atoms with Crippen molar-refractivity contribution in [2.24, 2.45) is 5.92 Å². The second-order valence-corrected chi connectivity index (χ2v) is 4.58. The van der Waals surface area contributed by atoms with Gasteiger partial charge in [0.15, 0.2) is 0 Å². The Morgan fingerprint density at radius 2 is 2.15 bits per heavy atom. The number of nitrogens with zero attached hydrogens (tertiary/aromatic N) is 1. The van der Waals surface area contributed by atoms with Crippen LogP contribution >= 0.6 is 0 Å². The molecule has 3 heteroatoms. The van der Waals surface area contributed by atoms with E-state index in [1.165, 1.54) is 19.4 Å². The van der Waals surface area contributed by atoms with Gasteiger partial charge in [0.2, 0.25) is 0 Å². The SMILES string of the molecule is CC1CNC(CO)CN(C2CC2)C1. The Hall–Kier alpha value is -0.120. The molecule has 0 radical (unpaired) electrons. The summed E-state index contributed by atoms with van der Waals surface area (Å²) in [7, 11) is 0. The first-order valence-corrected chi connectivity index (χ1v) is 5.38. The van der Waals surface area contributed by atoms with Crippen LogP contribution in [0.2, 0.25) is 0 Å². The van der Waals surface area contributed by atoms with Crippen LogP contribution in [0.15, 0.2) is 0 Å². The second-order valence-electron chi connectivity index (χ2n) is 4.58. The van der Waals surface area contributed by atoms with Crippen molar-refractivity contribution in [3.63, 3.8) is 0 Å². The molecule has 0 aromatic carbocycles. The zero-order valence-electron chi connectivity index (χ0n) is 8.37. The van der Waals surface area contributed by atoms with E-state index >= 15 is 0 Å². The van der Waals surface area contributed by atoms with Crippen LogP contribution < -0.4 is 5.32 Å². The highest BCUT2D eigenvalue weighted by Crippen LogP contribution is 2.28. The maximum atomic E-state index is 9.13. The van der Waals surface area contributed by atoms with E-state index in [1.807, 2.05) is 0 Å². The predicted molar refractivity (Wildman–Crippen MR) is 52.6 cm³/mol. The summed E-state index contributed by atoms with van der Waals surface area (Å²) in [5, 5.41) is 12.5. The molecule has 2 unspecified atom stereocenters. The number of hydrogen-bond donors (Lipinski definition) is 2. The Bertz CT molecular complexity index is 170. The molecule has 1 saturated heterocycles. The van der Waals surface area contributed by atoms with Crippen LogP contribution in [0.1, 0.15) is 19.8 Å². The van der Waals surface area contributed by atoms with Gasteiger partial charge in [-0.2, -0.15) is 0 Å². The third kappa shape index (κ3) is 2.42. The van der Waals surface area contributed by atoms with Crippen LogP contribution in [-0.4, -0.2) is 48.3 Å². The molecule has 2 atom stereocenters. The van der Waals surface area contributed by atoms with Gasteiger partial charge in [0.05, 0.1) is 6.61 Å². The van der Waals surface area contributed by atoms with Crippen molar-refractivity contribution in [3.05, 3.63) is 0 Å². The molecule has 13 heavy (non-hydrogen) atoms. The predicted octanol–water partition coefficient (Wildman–Crippen LogP) is 0.0510. The van der Waals surface area contributed by atoms with Crippen molar-refractivity contribution < 1.29 is 5.11 Å². The lowest BCUT2D eigenvalue weighted by Crippen LogP contribution is -2.40. The van der Waals surface area contributed by atoms with Gasteiger partial charge in [-0.25, -0.2) is 0 Å². The highest BCUT2D eigenvalue weighted by molar-refractivity contribution is 4.89. The van der Waals surface area contributed by atoms with Crippen LogP contribution in [0.5, 0.6) is 0 Å². The van der Waals surface area contributed by atoms with Crippen LogP contribution in [0.25, 0.3) is 0 Å². The Morgan fingerprint density at radius 3 is 2.77 bits per heavy atom. The van der Waals surface area contributed by atoms with Crippen molar-refractivity contribution in [1.29, 1.82) is 0 Å². The molecule has 0 aromatic rings. The van der Waals surface area contributed by atoms with E-state index in [-0.39, 0.29) is 6.61 Å². The maximum absolute atomic E-state index is 9.13. The van der Waals surface area contributed by atoms with Crippen molar-refractivity contribution in [2.75, 3.05) is 26.2 Å². The van der Waals surface area contributed by atoms with Crippen LogP contribution in [-0.2, 0) is 0 Å². The highest BCUT2D eigenvalue weighted by atomic mass is 16.3. The summed E-state index contributed by atoms with van der Waals surface area (Å²) in [4.78, 5) is 2.55. The lowest BCUT2D eigenvalue weighted by molar-refractivity contribution is 0.192. The number of hydrogen-bond acceptors (Lipinski definition) is 3. The molecule has 1 aliphatic carbocycles.